The molecule has 0 aliphatic heterocycles. The summed E-state index contributed by atoms with van der Waals surface area (Å²) >= 11 is 1.56. The molecule has 0 amide bonds. The van der Waals surface area contributed by atoms with E-state index in [9.17, 15) is 4.39 Å². The fourth-order valence-electron chi connectivity index (χ4n) is 1.97. The molecular weight excluding hydrogens is 277 g/mol. The van der Waals surface area contributed by atoms with E-state index < -0.39 is 0 Å². The number of nitrogens with zero attached hydrogens (tertiary/aromatic N) is 2. The first-order chi connectivity index (χ1) is 9.63. The van der Waals surface area contributed by atoms with Crippen molar-refractivity contribution in [3.8, 4) is 5.75 Å². The van der Waals surface area contributed by atoms with Crippen LogP contribution in [0.5, 0.6) is 5.75 Å². The number of ether oxygens (including phenoxy) is 1. The molecule has 1 aromatic carbocycles. The van der Waals surface area contributed by atoms with Crippen molar-refractivity contribution in [3.05, 3.63) is 53.0 Å². The van der Waals surface area contributed by atoms with Gasteiger partial charge < -0.3 is 10.5 Å². The minimum atomic E-state index is -0.344. The summed E-state index contributed by atoms with van der Waals surface area (Å²) in [6.07, 6.45) is 3.84. The second-order valence-corrected chi connectivity index (χ2v) is 5.46. The van der Waals surface area contributed by atoms with E-state index in [4.69, 9.17) is 10.5 Å². The maximum absolute atomic E-state index is 13.8. The minimum absolute atomic E-state index is 0.311. The molecule has 0 saturated heterocycles. The Morgan fingerprint density at radius 2 is 2.35 bits per heavy atom. The number of imidazole rings is 1. The summed E-state index contributed by atoms with van der Waals surface area (Å²) in [4.78, 5) is 5.32. The van der Waals surface area contributed by atoms with Crippen molar-refractivity contribution in [2.75, 3.05) is 0 Å². The van der Waals surface area contributed by atoms with Gasteiger partial charge in [0.05, 0.1) is 5.69 Å². The van der Waals surface area contributed by atoms with Crippen LogP contribution in [0.1, 0.15) is 24.2 Å². The van der Waals surface area contributed by atoms with Gasteiger partial charge in [0.2, 0.25) is 0 Å². The second kappa shape index (κ2) is 5.22. The average Bonchev–Trinajstić information content (AvgIpc) is 2.96. The fraction of sp³-hybridized carbons (Fsp3) is 0.214. The van der Waals surface area contributed by atoms with E-state index in [0.717, 1.165) is 10.7 Å². The lowest BCUT2D eigenvalue weighted by Crippen LogP contribution is -2.07. The van der Waals surface area contributed by atoms with Crippen molar-refractivity contribution < 1.29 is 9.13 Å². The summed E-state index contributed by atoms with van der Waals surface area (Å²) in [5, 5.41) is 1.97. The van der Waals surface area contributed by atoms with Crippen LogP contribution in [0.25, 0.3) is 4.96 Å². The van der Waals surface area contributed by atoms with Crippen LogP contribution in [0, 0.1) is 5.82 Å². The van der Waals surface area contributed by atoms with Gasteiger partial charge in [-0.2, -0.15) is 0 Å². The molecule has 4 nitrogen and oxygen atoms in total. The number of halogens is 1. The summed E-state index contributed by atoms with van der Waals surface area (Å²) in [6, 6.07) is 4.40. The molecule has 0 aliphatic rings. The van der Waals surface area contributed by atoms with Gasteiger partial charge in [-0.15, -0.1) is 11.3 Å². The molecular formula is C14H14FN3OS. The molecule has 0 spiro atoms. The Bertz CT molecular complexity index is 706. The highest BCUT2D eigenvalue weighted by Gasteiger charge is 2.09. The first-order valence-corrected chi connectivity index (χ1v) is 7.10. The van der Waals surface area contributed by atoms with Gasteiger partial charge in [-0.1, -0.05) is 6.07 Å². The van der Waals surface area contributed by atoms with Gasteiger partial charge in [0, 0.05) is 35.4 Å². The number of hydrogen-bond donors (Lipinski definition) is 1. The van der Waals surface area contributed by atoms with Crippen molar-refractivity contribution in [1.29, 1.82) is 0 Å². The molecule has 3 rings (SSSR count). The lowest BCUT2D eigenvalue weighted by atomic mass is 10.1. The molecule has 3 aromatic rings. The topological polar surface area (TPSA) is 52.5 Å². The van der Waals surface area contributed by atoms with E-state index in [0.29, 0.717) is 17.9 Å². The van der Waals surface area contributed by atoms with Gasteiger partial charge in [-0.05, 0) is 13.0 Å². The molecule has 0 fully saturated rings. The van der Waals surface area contributed by atoms with Crippen LogP contribution in [0.15, 0.2) is 36.0 Å². The zero-order chi connectivity index (χ0) is 14.1. The summed E-state index contributed by atoms with van der Waals surface area (Å²) in [6.45, 7) is 2.06. The standard InChI is InChI=1S/C14H14FN3OS/c1-9(16)12-3-2-11(6-13(12)15)19-8-10-7-18-4-5-20-14(18)17-10/h2-7,9H,8,16H2,1H3/t9-/m1/s1. The molecule has 0 radical (unpaired) electrons. The first-order valence-electron chi connectivity index (χ1n) is 6.22. The normalized spacial score (nSPS) is 12.8. The first kappa shape index (κ1) is 13.1. The fourth-order valence-corrected chi connectivity index (χ4v) is 2.69. The van der Waals surface area contributed by atoms with Crippen LogP contribution in [-0.4, -0.2) is 9.38 Å². The van der Waals surface area contributed by atoms with E-state index in [1.165, 1.54) is 6.07 Å². The Balaban J connectivity index is 1.72. The largest absolute Gasteiger partial charge is 0.487 e. The molecule has 2 heterocycles. The van der Waals surface area contributed by atoms with Crippen molar-refractivity contribution in [2.45, 2.75) is 19.6 Å². The van der Waals surface area contributed by atoms with E-state index in [1.807, 2.05) is 22.2 Å². The van der Waals surface area contributed by atoms with Crippen molar-refractivity contribution in [1.82, 2.24) is 9.38 Å². The molecule has 1 atom stereocenters. The predicted molar refractivity (Wildman–Crippen MR) is 76.4 cm³/mol. The van der Waals surface area contributed by atoms with Crippen LogP contribution in [0.3, 0.4) is 0 Å². The molecule has 0 aliphatic carbocycles. The van der Waals surface area contributed by atoms with Crippen molar-refractivity contribution >= 4 is 16.3 Å². The SMILES string of the molecule is C[C@@H](N)c1ccc(OCc2cn3ccsc3n2)cc1F. The van der Waals surface area contributed by atoms with Gasteiger partial charge in [0.25, 0.3) is 0 Å². The maximum Gasteiger partial charge on any atom is 0.193 e. The molecule has 6 heteroatoms. The molecule has 20 heavy (non-hydrogen) atoms. The number of fused-ring (bicyclic) bond motifs is 1. The van der Waals surface area contributed by atoms with Crippen LogP contribution >= 0.6 is 11.3 Å². The van der Waals surface area contributed by atoms with Crippen molar-refractivity contribution in [3.63, 3.8) is 0 Å². The summed E-state index contributed by atoms with van der Waals surface area (Å²) in [5.74, 6) is 0.131. The zero-order valence-electron chi connectivity index (χ0n) is 10.9. The van der Waals surface area contributed by atoms with E-state index in [-0.39, 0.29) is 11.9 Å². The summed E-state index contributed by atoms with van der Waals surface area (Å²) < 4.78 is 21.3. The highest BCUT2D eigenvalue weighted by Crippen LogP contribution is 2.21. The number of benzene rings is 1. The third-order valence-corrected chi connectivity index (χ3v) is 3.76. The van der Waals surface area contributed by atoms with Gasteiger partial charge in [0.1, 0.15) is 18.2 Å². The predicted octanol–water partition coefficient (Wildman–Crippen LogP) is 3.13. The third-order valence-electron chi connectivity index (χ3n) is 2.99. The number of thiazole rings is 1. The molecule has 2 N–H and O–H groups in total. The lowest BCUT2D eigenvalue weighted by Gasteiger charge is -2.09. The Hall–Kier alpha value is -1.92. The molecule has 104 valence electrons. The quantitative estimate of drug-likeness (QED) is 0.803. The Morgan fingerprint density at radius 1 is 1.50 bits per heavy atom. The van der Waals surface area contributed by atoms with E-state index in [1.54, 1.807) is 30.4 Å². The Labute approximate surface area is 119 Å². The summed E-state index contributed by atoms with van der Waals surface area (Å²) in [5.41, 5.74) is 6.97. The average molecular weight is 291 g/mol. The van der Waals surface area contributed by atoms with Gasteiger partial charge >= 0.3 is 0 Å². The Morgan fingerprint density at radius 3 is 3.05 bits per heavy atom. The van der Waals surface area contributed by atoms with E-state index in [2.05, 4.69) is 4.98 Å². The molecule has 0 saturated carbocycles. The number of nitrogens with two attached hydrogens (primary N) is 1. The second-order valence-electron chi connectivity index (χ2n) is 4.59. The summed E-state index contributed by atoms with van der Waals surface area (Å²) in [7, 11) is 0. The van der Waals surface area contributed by atoms with E-state index >= 15 is 0 Å². The van der Waals surface area contributed by atoms with Gasteiger partial charge in [-0.25, -0.2) is 9.37 Å². The molecule has 2 aromatic heterocycles. The smallest absolute Gasteiger partial charge is 0.193 e. The number of aromatic nitrogens is 2. The van der Waals surface area contributed by atoms with Crippen LogP contribution in [0.2, 0.25) is 0 Å². The highest BCUT2D eigenvalue weighted by molar-refractivity contribution is 7.15. The minimum Gasteiger partial charge on any atom is -0.487 e. The van der Waals surface area contributed by atoms with Gasteiger partial charge in [-0.3, -0.25) is 4.40 Å². The molecule has 0 unspecified atom stereocenters. The molecule has 0 bridgehead atoms. The highest BCUT2D eigenvalue weighted by atomic mass is 32.1. The van der Waals surface area contributed by atoms with Crippen molar-refractivity contribution in [2.24, 2.45) is 5.73 Å². The number of rotatable bonds is 4. The van der Waals surface area contributed by atoms with Crippen LogP contribution in [-0.2, 0) is 6.61 Å². The maximum atomic E-state index is 13.8. The number of hydrogen-bond acceptors (Lipinski definition) is 4. The Kier molecular flexibility index (Phi) is 3.42. The van der Waals surface area contributed by atoms with Crippen LogP contribution in [0.4, 0.5) is 4.39 Å². The van der Waals surface area contributed by atoms with Gasteiger partial charge in [0.15, 0.2) is 4.96 Å². The third kappa shape index (κ3) is 2.52. The van der Waals surface area contributed by atoms with Crippen LogP contribution < -0.4 is 10.5 Å². The zero-order valence-corrected chi connectivity index (χ0v) is 11.7. The monoisotopic (exact) mass is 291 g/mol. The lowest BCUT2D eigenvalue weighted by molar-refractivity contribution is 0.300.